The van der Waals surface area contributed by atoms with Crippen molar-refractivity contribution in [3.05, 3.63) is 112 Å². The van der Waals surface area contributed by atoms with Crippen molar-refractivity contribution < 1.29 is 14.3 Å². The summed E-state index contributed by atoms with van der Waals surface area (Å²) in [7, 11) is 0. The summed E-state index contributed by atoms with van der Waals surface area (Å²) in [5, 5.41) is 4.94. The van der Waals surface area contributed by atoms with Gasteiger partial charge in [-0.15, -0.1) is 0 Å². The highest BCUT2D eigenvalue weighted by Crippen LogP contribution is 2.30. The standard InChI is InChI=1S/C29H21BrN2O3S/c1-18-11-12-19-7-5-6-10-23(19)25(18)17-35-26-14-13-21(30)15-20(26)16-24-27(33)31-29(36)32(28(24)34)22-8-3-2-4-9-22/h2-16H,17H2,1H3,(H,31,33,36)/b24-16-. The second-order valence-corrected chi connectivity index (χ2v) is 9.65. The highest BCUT2D eigenvalue weighted by atomic mass is 79.9. The predicted molar refractivity (Wildman–Crippen MR) is 150 cm³/mol. The second-order valence-electron chi connectivity index (χ2n) is 8.35. The molecule has 0 unspecified atom stereocenters. The van der Waals surface area contributed by atoms with Crippen LogP contribution in [0.25, 0.3) is 16.8 Å². The van der Waals surface area contributed by atoms with Gasteiger partial charge >= 0.3 is 0 Å². The number of anilines is 1. The van der Waals surface area contributed by atoms with Crippen molar-refractivity contribution in [2.75, 3.05) is 4.90 Å². The quantitative estimate of drug-likeness (QED) is 0.177. The Bertz CT molecular complexity index is 1550. The number of thiocarbonyl (C=S) groups is 1. The van der Waals surface area contributed by atoms with Crippen LogP contribution in [0.1, 0.15) is 16.7 Å². The average Bonchev–Trinajstić information content (AvgIpc) is 2.87. The van der Waals surface area contributed by atoms with Crippen molar-refractivity contribution in [2.24, 2.45) is 0 Å². The molecular weight excluding hydrogens is 536 g/mol. The maximum Gasteiger partial charge on any atom is 0.270 e. The van der Waals surface area contributed by atoms with Gasteiger partial charge < -0.3 is 4.74 Å². The Balaban J connectivity index is 1.50. The number of rotatable bonds is 5. The Labute approximate surface area is 222 Å². The van der Waals surface area contributed by atoms with Crippen LogP contribution < -0.4 is 15.0 Å². The van der Waals surface area contributed by atoms with E-state index in [1.54, 1.807) is 30.3 Å². The second kappa shape index (κ2) is 10.0. The number of aryl methyl sites for hydroxylation is 1. The number of amides is 2. The van der Waals surface area contributed by atoms with Crippen molar-refractivity contribution in [3.63, 3.8) is 0 Å². The lowest BCUT2D eigenvalue weighted by atomic mass is 10.0. The van der Waals surface area contributed by atoms with Crippen molar-refractivity contribution in [2.45, 2.75) is 13.5 Å². The first-order chi connectivity index (χ1) is 17.4. The molecule has 0 saturated carbocycles. The number of nitrogens with zero attached hydrogens (tertiary/aromatic N) is 1. The topological polar surface area (TPSA) is 58.6 Å². The number of ether oxygens (including phenoxy) is 1. The smallest absolute Gasteiger partial charge is 0.270 e. The van der Waals surface area contributed by atoms with Crippen molar-refractivity contribution in [1.29, 1.82) is 0 Å². The Hall–Kier alpha value is -3.81. The molecular formula is C29H21BrN2O3S. The molecule has 2 amide bonds. The number of fused-ring (bicyclic) bond motifs is 1. The van der Waals surface area contributed by atoms with Crippen LogP contribution in [0.4, 0.5) is 5.69 Å². The van der Waals surface area contributed by atoms with Gasteiger partial charge in [0.05, 0.1) is 5.69 Å². The first-order valence-corrected chi connectivity index (χ1v) is 12.5. The lowest BCUT2D eigenvalue weighted by molar-refractivity contribution is -0.122. The summed E-state index contributed by atoms with van der Waals surface area (Å²) in [6.07, 6.45) is 1.55. The van der Waals surface area contributed by atoms with E-state index in [-0.39, 0.29) is 10.7 Å². The summed E-state index contributed by atoms with van der Waals surface area (Å²) in [5.74, 6) is -0.489. The van der Waals surface area contributed by atoms with E-state index in [1.165, 1.54) is 4.90 Å². The molecule has 4 aromatic rings. The monoisotopic (exact) mass is 556 g/mol. The maximum atomic E-state index is 13.4. The fourth-order valence-corrected chi connectivity index (χ4v) is 4.83. The van der Waals surface area contributed by atoms with Crippen LogP contribution in [0.2, 0.25) is 0 Å². The minimum Gasteiger partial charge on any atom is -0.488 e. The Morgan fingerprint density at radius 1 is 0.972 bits per heavy atom. The summed E-state index contributed by atoms with van der Waals surface area (Å²) >= 11 is 8.78. The fourth-order valence-electron chi connectivity index (χ4n) is 4.17. The van der Waals surface area contributed by atoms with Crippen molar-refractivity contribution in [1.82, 2.24) is 5.32 Å². The fraction of sp³-hybridized carbons (Fsp3) is 0.0690. The Morgan fingerprint density at radius 3 is 2.53 bits per heavy atom. The van der Waals surface area contributed by atoms with E-state index in [9.17, 15) is 9.59 Å². The summed E-state index contributed by atoms with van der Waals surface area (Å²) in [6.45, 7) is 2.40. The molecule has 7 heteroatoms. The number of benzene rings is 4. The van der Waals surface area contributed by atoms with E-state index in [4.69, 9.17) is 17.0 Å². The van der Waals surface area contributed by atoms with E-state index in [0.717, 1.165) is 26.4 Å². The van der Waals surface area contributed by atoms with Gasteiger partial charge in [0.25, 0.3) is 11.8 Å². The molecule has 5 rings (SSSR count). The molecule has 4 aromatic carbocycles. The largest absolute Gasteiger partial charge is 0.488 e. The lowest BCUT2D eigenvalue weighted by Crippen LogP contribution is -2.54. The molecule has 1 fully saturated rings. The van der Waals surface area contributed by atoms with E-state index in [0.29, 0.717) is 23.6 Å². The van der Waals surface area contributed by atoms with Crippen LogP contribution in [0.3, 0.4) is 0 Å². The molecule has 0 aliphatic carbocycles. The zero-order chi connectivity index (χ0) is 25.2. The van der Waals surface area contributed by atoms with Crippen LogP contribution in [-0.2, 0) is 16.2 Å². The van der Waals surface area contributed by atoms with Crippen LogP contribution in [0.15, 0.2) is 95.0 Å². The van der Waals surface area contributed by atoms with Gasteiger partial charge in [0.1, 0.15) is 17.9 Å². The van der Waals surface area contributed by atoms with E-state index in [2.05, 4.69) is 52.4 Å². The van der Waals surface area contributed by atoms with Gasteiger partial charge in [0, 0.05) is 15.6 Å². The zero-order valence-electron chi connectivity index (χ0n) is 19.3. The van der Waals surface area contributed by atoms with Gasteiger partial charge in [0.15, 0.2) is 5.11 Å². The van der Waals surface area contributed by atoms with E-state index < -0.39 is 11.8 Å². The van der Waals surface area contributed by atoms with E-state index in [1.807, 2.05) is 36.4 Å². The summed E-state index contributed by atoms with van der Waals surface area (Å²) < 4.78 is 7.06. The minimum absolute atomic E-state index is 0.0308. The number of carbonyl (C=O) groups excluding carboxylic acids is 2. The van der Waals surface area contributed by atoms with Crippen LogP contribution in [-0.4, -0.2) is 16.9 Å². The molecule has 36 heavy (non-hydrogen) atoms. The zero-order valence-corrected chi connectivity index (χ0v) is 21.7. The van der Waals surface area contributed by atoms with Crippen molar-refractivity contribution in [3.8, 4) is 5.75 Å². The maximum absolute atomic E-state index is 13.4. The van der Waals surface area contributed by atoms with Gasteiger partial charge in [-0.25, -0.2) is 0 Å². The Morgan fingerprint density at radius 2 is 1.72 bits per heavy atom. The van der Waals surface area contributed by atoms with Crippen LogP contribution >= 0.6 is 28.1 Å². The third-order valence-electron chi connectivity index (χ3n) is 6.03. The number of hydrogen-bond acceptors (Lipinski definition) is 4. The van der Waals surface area contributed by atoms with Crippen LogP contribution in [0.5, 0.6) is 5.75 Å². The molecule has 1 saturated heterocycles. The number of halogens is 1. The first-order valence-electron chi connectivity index (χ1n) is 11.3. The third kappa shape index (κ3) is 4.67. The number of hydrogen-bond donors (Lipinski definition) is 1. The lowest BCUT2D eigenvalue weighted by Gasteiger charge is -2.29. The molecule has 0 atom stereocenters. The van der Waals surface area contributed by atoms with E-state index >= 15 is 0 Å². The first kappa shape index (κ1) is 23.9. The summed E-state index contributed by atoms with van der Waals surface area (Å²) in [6, 6.07) is 26.8. The third-order valence-corrected chi connectivity index (χ3v) is 6.81. The molecule has 5 nitrogen and oxygen atoms in total. The van der Waals surface area contributed by atoms with Gasteiger partial charge in [-0.05, 0) is 71.9 Å². The van der Waals surface area contributed by atoms with Crippen molar-refractivity contribution >= 4 is 67.6 Å². The molecule has 0 bridgehead atoms. The minimum atomic E-state index is -0.548. The Kier molecular flexibility index (Phi) is 6.67. The van der Waals surface area contributed by atoms with Gasteiger partial charge in [-0.3, -0.25) is 19.8 Å². The highest BCUT2D eigenvalue weighted by molar-refractivity contribution is 9.10. The number of para-hydroxylation sites is 1. The molecule has 0 aromatic heterocycles. The molecule has 1 N–H and O–H groups in total. The SMILES string of the molecule is Cc1ccc2ccccc2c1COc1ccc(Br)cc1/C=C1/C(=O)NC(=S)N(c2ccccc2)C1=O. The number of nitrogens with one attached hydrogen (secondary N) is 1. The average molecular weight is 557 g/mol. The molecule has 178 valence electrons. The molecule has 1 aliphatic rings. The van der Waals surface area contributed by atoms with Gasteiger partial charge in [-0.2, -0.15) is 0 Å². The molecule has 1 aliphatic heterocycles. The normalized spacial score (nSPS) is 14.9. The van der Waals surface area contributed by atoms with Gasteiger partial charge in [-0.1, -0.05) is 70.5 Å². The predicted octanol–water partition coefficient (Wildman–Crippen LogP) is 6.32. The van der Waals surface area contributed by atoms with Gasteiger partial charge in [0.2, 0.25) is 0 Å². The molecule has 0 spiro atoms. The summed E-state index contributed by atoms with van der Waals surface area (Å²) in [4.78, 5) is 27.5. The summed E-state index contributed by atoms with van der Waals surface area (Å²) in [5.41, 5.74) is 3.36. The number of carbonyl (C=O) groups is 2. The molecule has 0 radical (unpaired) electrons. The molecule has 1 heterocycles. The van der Waals surface area contributed by atoms with Crippen LogP contribution in [0, 0.1) is 6.92 Å². The highest BCUT2D eigenvalue weighted by Gasteiger charge is 2.34.